The third-order valence-corrected chi connectivity index (χ3v) is 5.77. The molecular weight excluding hydrogens is 371 g/mol. The van der Waals surface area contributed by atoms with Crippen LogP contribution >= 0.6 is 11.3 Å². The van der Waals surface area contributed by atoms with E-state index in [-0.39, 0.29) is 11.4 Å². The van der Waals surface area contributed by atoms with Gasteiger partial charge in [0.2, 0.25) is 0 Å². The third kappa shape index (κ3) is 2.90. The van der Waals surface area contributed by atoms with E-state index in [1.807, 2.05) is 23.6 Å². The first-order valence-electron chi connectivity index (χ1n) is 8.89. The first kappa shape index (κ1) is 16.8. The Morgan fingerprint density at radius 1 is 0.964 bits per heavy atom. The van der Waals surface area contributed by atoms with Gasteiger partial charge in [0.25, 0.3) is 5.56 Å². The van der Waals surface area contributed by atoms with Gasteiger partial charge in [0, 0.05) is 10.9 Å². The Labute approximate surface area is 164 Å². The number of thiophene rings is 1. The normalized spacial score (nSPS) is 11.3. The summed E-state index contributed by atoms with van der Waals surface area (Å²) >= 11 is 1.47. The number of nitrogens with zero attached hydrogens (tertiary/aromatic N) is 2. The van der Waals surface area contributed by atoms with Crippen LogP contribution in [0, 0.1) is 5.82 Å². The van der Waals surface area contributed by atoms with E-state index in [1.165, 1.54) is 23.5 Å². The van der Waals surface area contributed by atoms with Gasteiger partial charge in [-0.3, -0.25) is 9.36 Å². The lowest BCUT2D eigenvalue weighted by molar-refractivity contribution is 0.626. The summed E-state index contributed by atoms with van der Waals surface area (Å²) in [5.41, 5.74) is 2.67. The van der Waals surface area contributed by atoms with Gasteiger partial charge in [-0.15, -0.1) is 11.3 Å². The Kier molecular flexibility index (Phi) is 4.02. The van der Waals surface area contributed by atoms with E-state index in [1.54, 1.807) is 23.0 Å². The highest BCUT2D eigenvalue weighted by molar-refractivity contribution is 7.17. The summed E-state index contributed by atoms with van der Waals surface area (Å²) in [6, 6.07) is 20.5. The van der Waals surface area contributed by atoms with Gasteiger partial charge in [0.1, 0.15) is 10.6 Å². The molecule has 0 amide bonds. The lowest BCUT2D eigenvalue weighted by atomic mass is 10.0. The summed E-state index contributed by atoms with van der Waals surface area (Å²) in [6.07, 6.45) is 1.56. The molecule has 2 aromatic heterocycles. The van der Waals surface area contributed by atoms with Crippen molar-refractivity contribution in [1.82, 2.24) is 9.55 Å². The van der Waals surface area contributed by atoms with Gasteiger partial charge in [-0.25, -0.2) is 9.37 Å². The van der Waals surface area contributed by atoms with Crippen LogP contribution in [0.25, 0.3) is 32.1 Å². The van der Waals surface area contributed by atoms with Crippen LogP contribution in [0.5, 0.6) is 0 Å². The SMILES string of the molecule is O=c1c2c(-c3ccc4ccccc4c3)csc2ncn1Cc1ccc(F)cc1. The van der Waals surface area contributed by atoms with Crippen molar-refractivity contribution in [2.45, 2.75) is 6.54 Å². The highest BCUT2D eigenvalue weighted by Gasteiger charge is 2.14. The molecule has 5 aromatic rings. The molecule has 0 aliphatic carbocycles. The fourth-order valence-corrected chi connectivity index (χ4v) is 4.34. The fraction of sp³-hybridized carbons (Fsp3) is 0.0435. The van der Waals surface area contributed by atoms with Gasteiger partial charge < -0.3 is 0 Å². The number of fused-ring (bicyclic) bond motifs is 2. The smallest absolute Gasteiger partial charge is 0.263 e. The second-order valence-corrected chi connectivity index (χ2v) is 7.55. The molecule has 28 heavy (non-hydrogen) atoms. The molecule has 136 valence electrons. The molecule has 0 unspecified atom stereocenters. The van der Waals surface area contributed by atoms with Crippen molar-refractivity contribution in [3.63, 3.8) is 0 Å². The van der Waals surface area contributed by atoms with E-state index >= 15 is 0 Å². The minimum absolute atomic E-state index is 0.0845. The number of aromatic nitrogens is 2. The first-order chi connectivity index (χ1) is 13.7. The number of halogens is 1. The van der Waals surface area contributed by atoms with Crippen molar-refractivity contribution in [2.24, 2.45) is 0 Å². The second kappa shape index (κ2) is 6.69. The quantitative estimate of drug-likeness (QED) is 0.412. The average Bonchev–Trinajstić information content (AvgIpc) is 3.16. The van der Waals surface area contributed by atoms with Crippen LogP contribution in [0.2, 0.25) is 0 Å². The highest BCUT2D eigenvalue weighted by Crippen LogP contribution is 2.32. The van der Waals surface area contributed by atoms with Crippen molar-refractivity contribution < 1.29 is 4.39 Å². The molecule has 0 bridgehead atoms. The van der Waals surface area contributed by atoms with Crippen molar-refractivity contribution in [3.8, 4) is 11.1 Å². The Morgan fingerprint density at radius 2 is 1.75 bits per heavy atom. The summed E-state index contributed by atoms with van der Waals surface area (Å²) in [7, 11) is 0. The zero-order chi connectivity index (χ0) is 19.1. The lowest BCUT2D eigenvalue weighted by Crippen LogP contribution is -2.20. The Balaban J connectivity index is 1.63. The number of rotatable bonds is 3. The Bertz CT molecular complexity index is 1370. The van der Waals surface area contributed by atoms with Gasteiger partial charge in [-0.2, -0.15) is 0 Å². The molecule has 0 radical (unpaired) electrons. The zero-order valence-electron chi connectivity index (χ0n) is 14.8. The van der Waals surface area contributed by atoms with Crippen LogP contribution in [0.3, 0.4) is 0 Å². The van der Waals surface area contributed by atoms with Gasteiger partial charge in [0.15, 0.2) is 0 Å². The molecule has 0 N–H and O–H groups in total. The maximum Gasteiger partial charge on any atom is 0.263 e. The maximum atomic E-state index is 13.2. The molecule has 3 aromatic carbocycles. The van der Waals surface area contributed by atoms with Gasteiger partial charge in [0.05, 0.1) is 18.3 Å². The third-order valence-electron chi connectivity index (χ3n) is 4.89. The molecular formula is C23H15FN2OS. The average molecular weight is 386 g/mol. The zero-order valence-corrected chi connectivity index (χ0v) is 15.6. The largest absolute Gasteiger partial charge is 0.294 e. The van der Waals surface area contributed by atoms with Crippen molar-refractivity contribution in [2.75, 3.05) is 0 Å². The minimum Gasteiger partial charge on any atom is -0.294 e. The molecule has 0 saturated carbocycles. The molecule has 0 atom stereocenters. The standard InChI is InChI=1S/C23H15FN2OS/c24-19-9-5-15(6-10-19)12-26-14-25-22-21(23(26)27)20(13-28-22)18-8-7-16-3-1-2-4-17(16)11-18/h1-11,13-14H,12H2. The molecule has 5 rings (SSSR count). The summed E-state index contributed by atoms with van der Waals surface area (Å²) < 4.78 is 14.7. The van der Waals surface area contributed by atoms with E-state index in [9.17, 15) is 9.18 Å². The van der Waals surface area contributed by atoms with E-state index in [4.69, 9.17) is 0 Å². The minimum atomic E-state index is -0.291. The molecule has 0 aliphatic heterocycles. The molecule has 0 spiro atoms. The molecule has 0 fully saturated rings. The number of hydrogen-bond acceptors (Lipinski definition) is 3. The van der Waals surface area contributed by atoms with Crippen molar-refractivity contribution in [1.29, 1.82) is 0 Å². The van der Waals surface area contributed by atoms with Crippen molar-refractivity contribution in [3.05, 3.63) is 100 Å². The van der Waals surface area contributed by atoms with E-state index in [2.05, 4.69) is 29.2 Å². The molecule has 3 nitrogen and oxygen atoms in total. The predicted octanol–water partition coefficient (Wildman–Crippen LogP) is 5.47. The number of hydrogen-bond donors (Lipinski definition) is 0. The Hall–Kier alpha value is -3.31. The van der Waals surface area contributed by atoms with Crippen molar-refractivity contribution >= 4 is 32.3 Å². The van der Waals surface area contributed by atoms with E-state index in [0.29, 0.717) is 11.9 Å². The van der Waals surface area contributed by atoms with Crippen LogP contribution in [-0.2, 0) is 6.54 Å². The summed E-state index contributed by atoms with van der Waals surface area (Å²) in [5.74, 6) is -0.291. The van der Waals surface area contributed by atoms with Crippen LogP contribution < -0.4 is 5.56 Å². The van der Waals surface area contributed by atoms with Crippen LogP contribution in [-0.4, -0.2) is 9.55 Å². The van der Waals surface area contributed by atoms with Crippen LogP contribution in [0.1, 0.15) is 5.56 Å². The number of benzene rings is 3. The highest BCUT2D eigenvalue weighted by atomic mass is 32.1. The van der Waals surface area contributed by atoms with Crippen LogP contribution in [0.15, 0.2) is 83.2 Å². The molecule has 5 heteroatoms. The van der Waals surface area contributed by atoms with Gasteiger partial charge in [-0.1, -0.05) is 48.5 Å². The molecule has 2 heterocycles. The van der Waals surface area contributed by atoms with Crippen LogP contribution in [0.4, 0.5) is 4.39 Å². The first-order valence-corrected chi connectivity index (χ1v) is 9.77. The topological polar surface area (TPSA) is 34.9 Å². The summed E-state index contributed by atoms with van der Waals surface area (Å²) in [4.78, 5) is 18.4. The predicted molar refractivity (Wildman–Crippen MR) is 112 cm³/mol. The second-order valence-electron chi connectivity index (χ2n) is 6.70. The van der Waals surface area contributed by atoms with E-state index < -0.39 is 0 Å². The van der Waals surface area contributed by atoms with Gasteiger partial charge in [-0.05, 0) is 40.1 Å². The summed E-state index contributed by atoms with van der Waals surface area (Å²) in [6.45, 7) is 0.356. The van der Waals surface area contributed by atoms with E-state index in [0.717, 1.165) is 32.3 Å². The summed E-state index contributed by atoms with van der Waals surface area (Å²) in [5, 5.41) is 4.92. The monoisotopic (exact) mass is 386 g/mol. The lowest BCUT2D eigenvalue weighted by Gasteiger charge is -2.07. The molecule has 0 saturated heterocycles. The Morgan fingerprint density at radius 3 is 2.57 bits per heavy atom. The maximum absolute atomic E-state index is 13.2. The molecule has 0 aliphatic rings. The van der Waals surface area contributed by atoms with Gasteiger partial charge >= 0.3 is 0 Å². The fourth-order valence-electron chi connectivity index (χ4n) is 3.44.